The summed E-state index contributed by atoms with van der Waals surface area (Å²) in [5, 5.41) is 9.10. The highest BCUT2D eigenvalue weighted by atomic mass is 35.5. The van der Waals surface area contributed by atoms with Crippen molar-refractivity contribution < 1.29 is 4.79 Å². The van der Waals surface area contributed by atoms with Gasteiger partial charge in [-0.3, -0.25) is 4.79 Å². The van der Waals surface area contributed by atoms with E-state index in [1.807, 2.05) is 6.92 Å². The third kappa shape index (κ3) is 3.94. The maximum Gasteiger partial charge on any atom is 0.236 e. The molecule has 1 aliphatic rings. The number of carbonyl (C=O) groups is 1. The van der Waals surface area contributed by atoms with E-state index in [4.69, 9.17) is 0 Å². The highest BCUT2D eigenvalue weighted by molar-refractivity contribution is 7.09. The number of amides is 1. The number of halogens is 1. The van der Waals surface area contributed by atoms with Crippen molar-refractivity contribution in [3.8, 4) is 0 Å². The van der Waals surface area contributed by atoms with Crippen molar-refractivity contribution in [1.82, 2.24) is 15.6 Å². The first kappa shape index (κ1) is 14.4. The molecular weight excluding hydrogens is 258 g/mol. The number of hydrogen-bond donors (Lipinski definition) is 2. The van der Waals surface area contributed by atoms with Crippen molar-refractivity contribution in [2.45, 2.75) is 38.3 Å². The van der Waals surface area contributed by atoms with Crippen molar-refractivity contribution in [2.75, 3.05) is 7.05 Å². The van der Waals surface area contributed by atoms with Crippen LogP contribution in [0.15, 0.2) is 5.38 Å². The van der Waals surface area contributed by atoms with Gasteiger partial charge in [0.05, 0.1) is 16.7 Å². The van der Waals surface area contributed by atoms with Crippen molar-refractivity contribution in [1.29, 1.82) is 0 Å². The summed E-state index contributed by atoms with van der Waals surface area (Å²) < 4.78 is 0. The molecule has 0 unspecified atom stereocenters. The van der Waals surface area contributed by atoms with E-state index in [1.165, 1.54) is 17.8 Å². The molecule has 4 nitrogen and oxygen atoms in total. The summed E-state index contributed by atoms with van der Waals surface area (Å²) in [6, 6.07) is -0.170. The molecule has 1 aromatic rings. The summed E-state index contributed by atoms with van der Waals surface area (Å²) in [4.78, 5) is 15.8. The molecule has 96 valence electrons. The number of nitrogens with zero attached hydrogens (tertiary/aromatic N) is 1. The number of thiazole rings is 1. The van der Waals surface area contributed by atoms with Gasteiger partial charge in [0.1, 0.15) is 0 Å². The lowest BCUT2D eigenvalue weighted by atomic mass is 10.3. The van der Waals surface area contributed by atoms with Crippen molar-refractivity contribution in [2.24, 2.45) is 0 Å². The molecule has 1 aliphatic carbocycles. The molecule has 2 N–H and O–H groups in total. The Balaban J connectivity index is 0.00000144. The van der Waals surface area contributed by atoms with Gasteiger partial charge in [0, 0.05) is 24.9 Å². The molecule has 17 heavy (non-hydrogen) atoms. The predicted molar refractivity (Wildman–Crippen MR) is 71.7 cm³/mol. The number of hydrogen-bond acceptors (Lipinski definition) is 4. The number of nitrogens with one attached hydrogen (secondary N) is 2. The van der Waals surface area contributed by atoms with Crippen LogP contribution in [0.4, 0.5) is 0 Å². The van der Waals surface area contributed by atoms with Gasteiger partial charge in [-0.25, -0.2) is 4.98 Å². The van der Waals surface area contributed by atoms with Crippen LogP contribution in [0.25, 0.3) is 0 Å². The quantitative estimate of drug-likeness (QED) is 0.859. The van der Waals surface area contributed by atoms with Gasteiger partial charge in [-0.1, -0.05) is 0 Å². The first-order valence-electron chi connectivity index (χ1n) is 5.60. The Labute approximate surface area is 112 Å². The summed E-state index contributed by atoms with van der Waals surface area (Å²) >= 11 is 1.73. The Morgan fingerprint density at radius 1 is 1.65 bits per heavy atom. The van der Waals surface area contributed by atoms with Gasteiger partial charge in [-0.15, -0.1) is 23.7 Å². The van der Waals surface area contributed by atoms with Gasteiger partial charge >= 0.3 is 0 Å². The first-order valence-corrected chi connectivity index (χ1v) is 6.48. The monoisotopic (exact) mass is 275 g/mol. The molecule has 1 fully saturated rings. The second kappa shape index (κ2) is 6.33. The van der Waals surface area contributed by atoms with Gasteiger partial charge in [-0.05, 0) is 19.8 Å². The molecule has 0 radical (unpaired) electrons. The zero-order valence-corrected chi connectivity index (χ0v) is 11.7. The van der Waals surface area contributed by atoms with Crippen LogP contribution in [0.3, 0.4) is 0 Å². The molecule has 1 amide bonds. The molecule has 1 saturated carbocycles. The molecule has 0 aromatic carbocycles. The van der Waals surface area contributed by atoms with Crippen molar-refractivity contribution in [3.63, 3.8) is 0 Å². The normalized spacial score (nSPS) is 16.1. The fraction of sp³-hybridized carbons (Fsp3) is 0.636. The van der Waals surface area contributed by atoms with E-state index in [0.29, 0.717) is 6.54 Å². The summed E-state index contributed by atoms with van der Waals surface area (Å²) in [5.74, 6) is 0.729. The van der Waals surface area contributed by atoms with E-state index in [9.17, 15) is 4.79 Å². The Morgan fingerprint density at radius 2 is 2.35 bits per heavy atom. The van der Waals surface area contributed by atoms with Gasteiger partial charge in [0.15, 0.2) is 0 Å². The Kier molecular flexibility index (Phi) is 5.36. The third-order valence-electron chi connectivity index (χ3n) is 2.73. The maximum absolute atomic E-state index is 11.3. The van der Waals surface area contributed by atoms with Gasteiger partial charge < -0.3 is 10.6 Å². The minimum absolute atomic E-state index is 0. The minimum atomic E-state index is -0.170. The van der Waals surface area contributed by atoms with Crippen molar-refractivity contribution in [3.05, 3.63) is 16.1 Å². The highest BCUT2D eigenvalue weighted by Crippen LogP contribution is 2.41. The van der Waals surface area contributed by atoms with Gasteiger partial charge in [0.2, 0.25) is 5.91 Å². The molecule has 0 aliphatic heterocycles. The summed E-state index contributed by atoms with van der Waals surface area (Å²) in [6.45, 7) is 2.52. The van der Waals surface area contributed by atoms with E-state index in [-0.39, 0.29) is 24.4 Å². The van der Waals surface area contributed by atoms with E-state index < -0.39 is 0 Å². The predicted octanol–water partition coefficient (Wildman–Crippen LogP) is 1.67. The Hall–Kier alpha value is -0.650. The fourth-order valence-electron chi connectivity index (χ4n) is 1.49. The number of rotatable bonds is 5. The van der Waals surface area contributed by atoms with E-state index >= 15 is 0 Å². The van der Waals surface area contributed by atoms with Gasteiger partial charge in [-0.2, -0.15) is 0 Å². The second-order valence-electron chi connectivity index (χ2n) is 4.17. The lowest BCUT2D eigenvalue weighted by molar-refractivity contribution is -0.122. The number of likely N-dealkylation sites (N-methyl/N-ethyl adjacent to an activating group) is 1. The van der Waals surface area contributed by atoms with Crippen LogP contribution in [-0.2, 0) is 11.3 Å². The maximum atomic E-state index is 11.3. The van der Waals surface area contributed by atoms with Crippen LogP contribution in [-0.4, -0.2) is 24.0 Å². The lowest BCUT2D eigenvalue weighted by Gasteiger charge is -2.10. The summed E-state index contributed by atoms with van der Waals surface area (Å²) in [6.07, 6.45) is 2.57. The smallest absolute Gasteiger partial charge is 0.236 e. The highest BCUT2D eigenvalue weighted by Gasteiger charge is 2.26. The number of aromatic nitrogens is 1. The van der Waals surface area contributed by atoms with Crippen LogP contribution >= 0.6 is 23.7 Å². The van der Waals surface area contributed by atoms with Crippen LogP contribution in [0.5, 0.6) is 0 Å². The van der Waals surface area contributed by atoms with E-state index in [0.717, 1.165) is 11.6 Å². The summed E-state index contributed by atoms with van der Waals surface area (Å²) in [5.41, 5.74) is 1.04. The average molecular weight is 276 g/mol. The Bertz CT molecular complexity index is 379. The van der Waals surface area contributed by atoms with Crippen LogP contribution < -0.4 is 10.6 Å². The Morgan fingerprint density at radius 3 is 2.94 bits per heavy atom. The molecular formula is C11H18ClN3OS. The zero-order valence-electron chi connectivity index (χ0n) is 10.0. The topological polar surface area (TPSA) is 54.0 Å². The van der Waals surface area contributed by atoms with E-state index in [2.05, 4.69) is 21.0 Å². The molecule has 6 heteroatoms. The van der Waals surface area contributed by atoms with Crippen LogP contribution in [0, 0.1) is 0 Å². The zero-order chi connectivity index (χ0) is 11.5. The fourth-order valence-corrected chi connectivity index (χ4v) is 2.48. The molecule has 0 bridgehead atoms. The lowest BCUT2D eigenvalue weighted by Crippen LogP contribution is -2.40. The number of carbonyl (C=O) groups excluding carboxylic acids is 1. The second-order valence-corrected chi connectivity index (χ2v) is 5.06. The largest absolute Gasteiger partial charge is 0.358 e. The summed E-state index contributed by atoms with van der Waals surface area (Å²) in [7, 11) is 1.65. The molecule has 0 spiro atoms. The van der Waals surface area contributed by atoms with E-state index in [1.54, 1.807) is 18.4 Å². The molecule has 0 saturated heterocycles. The standard InChI is InChI=1S/C11H17N3OS.ClH/c1-7(10(15)12-2)13-5-9-6-16-11(14-9)8-3-4-8;/h6-8,13H,3-5H2,1-2H3,(H,12,15);1H/t7-;/m1./s1. The minimum Gasteiger partial charge on any atom is -0.358 e. The SMILES string of the molecule is CNC(=O)[C@@H](C)NCc1csc(C2CC2)n1.Cl. The van der Waals surface area contributed by atoms with Crippen molar-refractivity contribution >= 4 is 29.7 Å². The molecule has 2 rings (SSSR count). The third-order valence-corrected chi connectivity index (χ3v) is 3.78. The molecule has 1 aromatic heterocycles. The first-order chi connectivity index (χ1) is 7.70. The van der Waals surface area contributed by atoms with Crippen LogP contribution in [0.2, 0.25) is 0 Å². The van der Waals surface area contributed by atoms with Crippen LogP contribution in [0.1, 0.15) is 36.4 Å². The molecule has 1 atom stereocenters. The molecule has 1 heterocycles. The average Bonchev–Trinajstić information content (AvgIpc) is 3.05. The van der Waals surface area contributed by atoms with Gasteiger partial charge in [0.25, 0.3) is 0 Å².